The molecule has 0 N–H and O–H groups in total. The molecular weight excluding hydrogens is 448 g/mol. The minimum atomic E-state index is -0.233. The van der Waals surface area contributed by atoms with E-state index in [1.165, 1.54) is 19.3 Å². The molecule has 0 aromatic carbocycles. The Labute approximate surface area is 219 Å². The number of hydrogen-bond acceptors (Lipinski definition) is 4. The molecule has 8 atom stereocenters. The van der Waals surface area contributed by atoms with Gasteiger partial charge in [-0.25, -0.2) is 4.79 Å². The van der Waals surface area contributed by atoms with E-state index in [2.05, 4.69) is 47.6 Å². The highest BCUT2D eigenvalue weighted by atomic mass is 16.6. The van der Waals surface area contributed by atoms with Gasteiger partial charge in [0.25, 0.3) is 0 Å². The maximum atomic E-state index is 12.9. The van der Waals surface area contributed by atoms with Crippen molar-refractivity contribution in [1.82, 2.24) is 0 Å². The predicted octanol–water partition coefficient (Wildman–Crippen LogP) is 7.44. The van der Waals surface area contributed by atoms with Crippen LogP contribution in [0, 0.1) is 39.4 Å². The van der Waals surface area contributed by atoms with Gasteiger partial charge in [-0.15, -0.1) is 0 Å². The number of ether oxygens (including phenoxy) is 2. The van der Waals surface area contributed by atoms with Crippen molar-refractivity contribution in [2.24, 2.45) is 39.4 Å². The van der Waals surface area contributed by atoms with Gasteiger partial charge in [0.2, 0.25) is 0 Å². The number of allylic oxidation sites excluding steroid dienone is 1. The zero-order chi connectivity index (χ0) is 26.4. The smallest absolute Gasteiger partial charge is 0.333 e. The number of fused-ring (bicyclic) bond motifs is 2. The van der Waals surface area contributed by atoms with Gasteiger partial charge < -0.3 is 9.47 Å². The Morgan fingerprint density at radius 2 is 1.75 bits per heavy atom. The third-order valence-electron chi connectivity index (χ3n) is 13.2. The van der Waals surface area contributed by atoms with Gasteiger partial charge >= 0.3 is 5.97 Å². The molecule has 1 heterocycles. The Hall–Kier alpha value is -1.16. The molecule has 202 valence electrons. The van der Waals surface area contributed by atoms with Gasteiger partial charge in [0.15, 0.2) is 0 Å². The van der Waals surface area contributed by atoms with E-state index in [-0.39, 0.29) is 38.8 Å². The van der Waals surface area contributed by atoms with Crippen molar-refractivity contribution in [1.29, 1.82) is 0 Å². The second-order valence-electron chi connectivity index (χ2n) is 14.5. The highest BCUT2D eigenvalue weighted by molar-refractivity contribution is 5.87. The first-order valence-corrected chi connectivity index (χ1v) is 14.8. The summed E-state index contributed by atoms with van der Waals surface area (Å²) < 4.78 is 12.4. The molecule has 4 nitrogen and oxygen atoms in total. The molecule has 4 saturated carbocycles. The lowest BCUT2D eigenvalue weighted by Crippen LogP contribution is -2.65. The van der Waals surface area contributed by atoms with Crippen LogP contribution >= 0.6 is 0 Å². The molecule has 1 aliphatic heterocycles. The summed E-state index contributed by atoms with van der Waals surface area (Å²) in [6, 6.07) is 0. The Kier molecular flexibility index (Phi) is 6.00. The molecular formula is C32H50O4. The third kappa shape index (κ3) is 3.03. The van der Waals surface area contributed by atoms with Crippen molar-refractivity contribution in [3.63, 3.8) is 0 Å². The minimum Gasteiger partial charge on any atom is -0.463 e. The first-order chi connectivity index (χ1) is 16.8. The van der Waals surface area contributed by atoms with Crippen LogP contribution in [0.15, 0.2) is 11.6 Å². The van der Waals surface area contributed by atoms with Crippen molar-refractivity contribution < 1.29 is 19.1 Å². The first kappa shape index (κ1) is 26.4. The van der Waals surface area contributed by atoms with Crippen molar-refractivity contribution in [2.75, 3.05) is 6.61 Å². The number of rotatable bonds is 6. The van der Waals surface area contributed by atoms with E-state index >= 15 is 0 Å². The Morgan fingerprint density at radius 3 is 2.44 bits per heavy atom. The van der Waals surface area contributed by atoms with E-state index in [9.17, 15) is 9.59 Å². The fourth-order valence-corrected chi connectivity index (χ4v) is 10.9. The van der Waals surface area contributed by atoms with E-state index in [1.54, 1.807) is 0 Å². The zero-order valence-electron chi connectivity index (χ0n) is 24.2. The van der Waals surface area contributed by atoms with Gasteiger partial charge in [0, 0.05) is 28.2 Å². The lowest BCUT2D eigenvalue weighted by Gasteiger charge is -2.62. The minimum absolute atomic E-state index is 0.0103. The molecule has 1 saturated heterocycles. The molecule has 36 heavy (non-hydrogen) atoms. The lowest BCUT2D eigenvalue weighted by atomic mass is 9.38. The van der Waals surface area contributed by atoms with Gasteiger partial charge in [-0.3, -0.25) is 4.79 Å². The summed E-state index contributed by atoms with van der Waals surface area (Å²) >= 11 is 0. The molecule has 5 aliphatic rings. The quantitative estimate of drug-likeness (QED) is 0.217. The van der Waals surface area contributed by atoms with Crippen LogP contribution in [0.25, 0.3) is 0 Å². The molecule has 5 rings (SSSR count). The molecule has 0 bridgehead atoms. The summed E-state index contributed by atoms with van der Waals surface area (Å²) in [5, 5.41) is 0. The largest absolute Gasteiger partial charge is 0.463 e. The van der Waals surface area contributed by atoms with Gasteiger partial charge in [-0.2, -0.15) is 0 Å². The molecule has 0 aromatic rings. The van der Waals surface area contributed by atoms with Crippen LogP contribution in [0.4, 0.5) is 0 Å². The second-order valence-corrected chi connectivity index (χ2v) is 14.5. The van der Waals surface area contributed by atoms with E-state index in [1.807, 2.05) is 13.8 Å². The summed E-state index contributed by atoms with van der Waals surface area (Å²) in [7, 11) is 0. The monoisotopic (exact) mass is 498 g/mol. The van der Waals surface area contributed by atoms with E-state index in [4.69, 9.17) is 9.47 Å². The van der Waals surface area contributed by atoms with Crippen molar-refractivity contribution in [3.05, 3.63) is 11.6 Å². The highest BCUT2D eigenvalue weighted by Gasteiger charge is 2.90. The van der Waals surface area contributed by atoms with Crippen LogP contribution in [-0.4, -0.2) is 29.6 Å². The Bertz CT molecular complexity index is 981. The fraction of sp³-hybridized carbons (Fsp3) is 0.875. The number of ketones is 1. The molecule has 4 aliphatic carbocycles. The van der Waals surface area contributed by atoms with Crippen LogP contribution in [0.3, 0.4) is 0 Å². The second kappa shape index (κ2) is 8.17. The van der Waals surface area contributed by atoms with Gasteiger partial charge in [-0.05, 0) is 94.8 Å². The molecule has 4 heteroatoms. The van der Waals surface area contributed by atoms with Crippen molar-refractivity contribution >= 4 is 11.8 Å². The number of Topliss-reactive ketones (excluding diaryl/α,β-unsaturated/α-hetero) is 1. The van der Waals surface area contributed by atoms with Gasteiger partial charge in [0.1, 0.15) is 17.0 Å². The Morgan fingerprint density at radius 1 is 1.03 bits per heavy atom. The van der Waals surface area contributed by atoms with E-state index < -0.39 is 0 Å². The molecule has 0 aromatic heterocycles. The normalized spacial score (nSPS) is 47.8. The predicted molar refractivity (Wildman–Crippen MR) is 142 cm³/mol. The first-order valence-electron chi connectivity index (χ1n) is 14.8. The van der Waals surface area contributed by atoms with Gasteiger partial charge in [-0.1, -0.05) is 47.6 Å². The summed E-state index contributed by atoms with van der Waals surface area (Å²) in [6.45, 7) is 18.7. The molecule has 0 amide bonds. The number of carbonyl (C=O) groups is 2. The summed E-state index contributed by atoms with van der Waals surface area (Å²) in [6.07, 6.45) is 13.0. The molecule has 5 fully saturated rings. The van der Waals surface area contributed by atoms with Gasteiger partial charge in [0.05, 0.1) is 6.61 Å². The maximum Gasteiger partial charge on any atom is 0.333 e. The Balaban J connectivity index is 1.36. The number of epoxide rings is 1. The lowest BCUT2D eigenvalue weighted by molar-refractivity contribution is -0.154. The maximum absolute atomic E-state index is 12.9. The number of esters is 1. The van der Waals surface area contributed by atoms with Crippen LogP contribution in [0.2, 0.25) is 0 Å². The van der Waals surface area contributed by atoms with E-state index in [0.717, 1.165) is 44.1 Å². The fourth-order valence-electron chi connectivity index (χ4n) is 10.9. The molecule has 0 radical (unpaired) electrons. The van der Waals surface area contributed by atoms with Crippen molar-refractivity contribution in [2.45, 2.75) is 131 Å². The number of carbonyl (C=O) groups excluding carboxylic acids is 2. The van der Waals surface area contributed by atoms with Crippen LogP contribution in [0.1, 0.15) is 120 Å². The van der Waals surface area contributed by atoms with Crippen LogP contribution in [0.5, 0.6) is 0 Å². The summed E-state index contributed by atoms with van der Waals surface area (Å²) in [5.41, 5.74) is 1.02. The average Bonchev–Trinajstić information content (AvgIpc) is 3.45. The third-order valence-corrected chi connectivity index (χ3v) is 13.2. The zero-order valence-corrected chi connectivity index (χ0v) is 24.2. The molecule has 3 unspecified atom stereocenters. The molecule has 0 spiro atoms. The van der Waals surface area contributed by atoms with Crippen LogP contribution in [-0.2, 0) is 19.1 Å². The van der Waals surface area contributed by atoms with E-state index in [0.29, 0.717) is 36.6 Å². The summed E-state index contributed by atoms with van der Waals surface area (Å²) in [5.74, 6) is 2.01. The van der Waals surface area contributed by atoms with Crippen molar-refractivity contribution in [3.8, 4) is 0 Å². The SMILES string of the molecule is CCOC(=O)/C(C)=C/CC[C@@H](C)[C@H]1CC[C@@]2(C)C34CCC5C(C)(C)C(=O)CC[C@]5(C)C3(CC[C@]12C)O4. The highest BCUT2D eigenvalue weighted by Crippen LogP contribution is 2.86. The number of hydrogen-bond donors (Lipinski definition) is 0. The van der Waals surface area contributed by atoms with Crippen LogP contribution < -0.4 is 0 Å². The standard InChI is InChI=1S/C32H50O4/c1-9-35-26(34)22(3)12-10-11-21(2)23-13-17-30(8)28(23,6)19-20-31-29(7)16-15-25(33)27(4,5)24(29)14-18-32(30,31)36-31/h12,21,23-24H,9-11,13-20H2,1-8H3/b22-12+/t21-,23-,24?,28-,29+,30-,31?,32?/m1/s1. The summed E-state index contributed by atoms with van der Waals surface area (Å²) in [4.78, 5) is 24.9. The average molecular weight is 499 g/mol. The topological polar surface area (TPSA) is 55.9 Å².